The molecule has 0 saturated carbocycles. The molecule has 24 heavy (non-hydrogen) atoms. The summed E-state index contributed by atoms with van der Waals surface area (Å²) < 4.78 is 20.7. The SMILES string of the molecule is CC([C@@H]1CCC(I)C(O)O1)N(Cc1ccccc1)[S@+]([O-])C(C)(C)C. The number of aliphatic hydroxyl groups is 1. The molecule has 0 aromatic heterocycles. The van der Waals surface area contributed by atoms with Crippen LogP contribution in [-0.4, -0.2) is 41.1 Å². The van der Waals surface area contributed by atoms with E-state index in [4.69, 9.17) is 4.74 Å². The number of hydrogen-bond donors (Lipinski definition) is 1. The predicted octanol–water partition coefficient (Wildman–Crippen LogP) is 3.64. The molecule has 1 aromatic rings. The fraction of sp³-hybridized carbons (Fsp3) is 0.667. The molecule has 1 fully saturated rings. The first-order valence-corrected chi connectivity index (χ1v) is 10.8. The topological polar surface area (TPSA) is 55.8 Å². The van der Waals surface area contributed by atoms with Gasteiger partial charge in [-0.2, -0.15) is 0 Å². The first-order chi connectivity index (χ1) is 11.2. The minimum atomic E-state index is -1.16. The van der Waals surface area contributed by atoms with Crippen LogP contribution in [0, 0.1) is 0 Å². The van der Waals surface area contributed by atoms with Crippen molar-refractivity contribution < 1.29 is 14.4 Å². The van der Waals surface area contributed by atoms with Gasteiger partial charge in [0.1, 0.15) is 4.75 Å². The lowest BCUT2D eigenvalue weighted by atomic mass is 10.0. The van der Waals surface area contributed by atoms with Crippen LogP contribution in [0.25, 0.3) is 0 Å². The molecule has 1 aliphatic rings. The molecule has 0 amide bonds. The maximum Gasteiger partial charge on any atom is 0.166 e. The van der Waals surface area contributed by atoms with E-state index in [9.17, 15) is 9.66 Å². The van der Waals surface area contributed by atoms with Crippen LogP contribution in [0.2, 0.25) is 0 Å². The van der Waals surface area contributed by atoms with Crippen LogP contribution in [0.4, 0.5) is 0 Å². The number of alkyl halides is 1. The average molecular weight is 465 g/mol. The normalized spacial score (nSPS) is 27.9. The van der Waals surface area contributed by atoms with Crippen LogP contribution < -0.4 is 0 Å². The molecule has 4 nitrogen and oxygen atoms in total. The van der Waals surface area contributed by atoms with E-state index in [0.29, 0.717) is 6.54 Å². The standard InChI is InChI=1S/C18H28INO3S/c1-13(16-11-10-15(19)17(21)23-16)20(24(22)18(2,3)4)12-14-8-6-5-7-9-14/h5-9,13,15-17,21H,10-12H2,1-4H3/t13?,15?,16-,17?,24+/m0/s1. The molecule has 0 radical (unpaired) electrons. The maximum absolute atomic E-state index is 13.1. The number of nitrogens with zero attached hydrogens (tertiary/aromatic N) is 1. The van der Waals surface area contributed by atoms with Gasteiger partial charge in [0, 0.05) is 11.4 Å². The zero-order valence-electron chi connectivity index (χ0n) is 14.8. The molecule has 1 heterocycles. The summed E-state index contributed by atoms with van der Waals surface area (Å²) in [4.78, 5) is 0. The molecule has 1 saturated heterocycles. The highest BCUT2D eigenvalue weighted by Crippen LogP contribution is 2.31. The molecule has 1 aromatic carbocycles. The third-order valence-corrected chi connectivity index (χ3v) is 7.43. The van der Waals surface area contributed by atoms with E-state index in [1.165, 1.54) is 0 Å². The zero-order valence-corrected chi connectivity index (χ0v) is 17.8. The van der Waals surface area contributed by atoms with Gasteiger partial charge < -0.3 is 14.4 Å². The van der Waals surface area contributed by atoms with Crippen molar-refractivity contribution in [1.82, 2.24) is 4.31 Å². The second-order valence-corrected chi connectivity index (χ2v) is 11.1. The highest BCUT2D eigenvalue weighted by atomic mass is 127. The van der Waals surface area contributed by atoms with Crippen molar-refractivity contribution in [3.63, 3.8) is 0 Å². The van der Waals surface area contributed by atoms with Crippen molar-refractivity contribution in [2.45, 2.75) is 74.2 Å². The van der Waals surface area contributed by atoms with Gasteiger partial charge in [0.05, 0.1) is 22.6 Å². The molecule has 1 aliphatic heterocycles. The molecule has 5 atom stereocenters. The number of aliphatic hydroxyl groups excluding tert-OH is 1. The lowest BCUT2D eigenvalue weighted by Gasteiger charge is -2.41. The van der Waals surface area contributed by atoms with Gasteiger partial charge in [0.25, 0.3) is 0 Å². The van der Waals surface area contributed by atoms with E-state index in [2.05, 4.69) is 41.6 Å². The number of rotatable bonds is 5. The van der Waals surface area contributed by atoms with Gasteiger partial charge in [-0.25, -0.2) is 0 Å². The highest BCUT2D eigenvalue weighted by Gasteiger charge is 2.41. The van der Waals surface area contributed by atoms with Gasteiger partial charge >= 0.3 is 0 Å². The number of hydrogen-bond acceptors (Lipinski definition) is 4. The van der Waals surface area contributed by atoms with E-state index >= 15 is 0 Å². The number of halogens is 1. The van der Waals surface area contributed by atoms with Crippen molar-refractivity contribution in [3.8, 4) is 0 Å². The Morgan fingerprint density at radius 3 is 2.50 bits per heavy atom. The first-order valence-electron chi connectivity index (χ1n) is 8.40. The maximum atomic E-state index is 13.1. The van der Waals surface area contributed by atoms with Gasteiger partial charge in [-0.15, -0.1) is 4.31 Å². The van der Waals surface area contributed by atoms with E-state index in [1.54, 1.807) is 0 Å². The monoisotopic (exact) mass is 465 g/mol. The van der Waals surface area contributed by atoms with E-state index < -0.39 is 17.7 Å². The highest BCUT2D eigenvalue weighted by molar-refractivity contribution is 14.1. The Bertz CT molecular complexity index is 511. The summed E-state index contributed by atoms with van der Waals surface area (Å²) in [5.74, 6) is 0. The Balaban J connectivity index is 2.18. The lowest BCUT2D eigenvalue weighted by molar-refractivity contribution is -0.168. The average Bonchev–Trinajstić information content (AvgIpc) is 2.54. The molecule has 1 N–H and O–H groups in total. The Morgan fingerprint density at radius 1 is 1.33 bits per heavy atom. The van der Waals surface area contributed by atoms with Crippen molar-refractivity contribution in [3.05, 3.63) is 35.9 Å². The minimum Gasteiger partial charge on any atom is -0.597 e. The summed E-state index contributed by atoms with van der Waals surface area (Å²) in [5, 5.41) is 10.0. The Kier molecular flexibility index (Phi) is 7.40. The molecular weight excluding hydrogens is 437 g/mol. The summed E-state index contributed by atoms with van der Waals surface area (Å²) >= 11 is 1.07. The molecule has 0 aliphatic carbocycles. The summed E-state index contributed by atoms with van der Waals surface area (Å²) in [7, 11) is 0. The molecule has 136 valence electrons. The van der Waals surface area contributed by atoms with Crippen molar-refractivity contribution in [2.24, 2.45) is 0 Å². The second kappa shape index (κ2) is 8.68. The molecular formula is C18H28INO3S. The van der Waals surface area contributed by atoms with Gasteiger partial charge in [-0.05, 0) is 46.1 Å². The molecule has 6 heteroatoms. The molecule has 0 bridgehead atoms. The predicted molar refractivity (Wildman–Crippen MR) is 107 cm³/mol. The summed E-state index contributed by atoms with van der Waals surface area (Å²) in [5.41, 5.74) is 1.13. The van der Waals surface area contributed by atoms with Gasteiger partial charge in [0.15, 0.2) is 6.29 Å². The van der Waals surface area contributed by atoms with E-state index in [1.807, 2.05) is 43.3 Å². The number of ether oxygens (including phenoxy) is 1. The summed E-state index contributed by atoms with van der Waals surface area (Å²) in [6.07, 6.45) is 0.936. The van der Waals surface area contributed by atoms with Gasteiger partial charge in [-0.3, -0.25) is 0 Å². The first kappa shape index (κ1) is 20.5. The Hall–Kier alpha value is 0.140. The van der Waals surface area contributed by atoms with Crippen LogP contribution in [-0.2, 0) is 22.6 Å². The molecule has 3 unspecified atom stereocenters. The van der Waals surface area contributed by atoms with Crippen LogP contribution in [0.5, 0.6) is 0 Å². The number of benzene rings is 1. The Labute approximate surface area is 162 Å². The van der Waals surface area contributed by atoms with Crippen molar-refractivity contribution in [1.29, 1.82) is 0 Å². The smallest absolute Gasteiger partial charge is 0.166 e. The van der Waals surface area contributed by atoms with Gasteiger partial charge in [-0.1, -0.05) is 52.9 Å². The van der Waals surface area contributed by atoms with E-state index in [0.717, 1.165) is 18.4 Å². The fourth-order valence-electron chi connectivity index (χ4n) is 2.81. The van der Waals surface area contributed by atoms with Crippen LogP contribution in [0.3, 0.4) is 0 Å². The fourth-order valence-corrected chi connectivity index (χ4v) is 4.74. The molecule has 0 spiro atoms. The second-order valence-electron chi connectivity index (χ2n) is 7.32. The van der Waals surface area contributed by atoms with Crippen molar-refractivity contribution in [2.75, 3.05) is 0 Å². The zero-order chi connectivity index (χ0) is 17.9. The molecule has 2 rings (SSSR count). The lowest BCUT2D eigenvalue weighted by Crippen LogP contribution is -2.53. The quantitative estimate of drug-likeness (QED) is 0.410. The minimum absolute atomic E-state index is 0.0381. The van der Waals surface area contributed by atoms with Crippen molar-refractivity contribution >= 4 is 34.0 Å². The third kappa shape index (κ3) is 5.32. The summed E-state index contributed by atoms with van der Waals surface area (Å²) in [6, 6.07) is 10.1. The van der Waals surface area contributed by atoms with E-state index in [-0.39, 0.29) is 20.8 Å². The largest absolute Gasteiger partial charge is 0.597 e. The third-order valence-electron chi connectivity index (χ3n) is 4.26. The summed E-state index contributed by atoms with van der Waals surface area (Å²) in [6.45, 7) is 8.63. The Morgan fingerprint density at radius 2 is 1.96 bits per heavy atom. The van der Waals surface area contributed by atoms with Crippen LogP contribution >= 0.6 is 22.6 Å². The van der Waals surface area contributed by atoms with Crippen LogP contribution in [0.1, 0.15) is 46.1 Å². The van der Waals surface area contributed by atoms with Crippen LogP contribution in [0.15, 0.2) is 30.3 Å². The van der Waals surface area contributed by atoms with Gasteiger partial charge in [0.2, 0.25) is 0 Å².